The molecule has 0 fully saturated rings. The molecule has 0 aliphatic carbocycles. The second-order valence-corrected chi connectivity index (χ2v) is 2.41. The van der Waals surface area contributed by atoms with Crippen molar-refractivity contribution < 1.29 is 5.11 Å². The lowest BCUT2D eigenvalue weighted by Gasteiger charge is -1.96. The molecule has 1 heterocycles. The Balaban J connectivity index is 2.87. The third kappa shape index (κ3) is 1.68. The molecule has 1 aromatic heterocycles. The van der Waals surface area contributed by atoms with Crippen LogP contribution in [0.3, 0.4) is 0 Å². The minimum Gasteiger partial charge on any atom is -0.390 e. The van der Waals surface area contributed by atoms with Gasteiger partial charge in [0.05, 0.1) is 18.8 Å². The van der Waals surface area contributed by atoms with Gasteiger partial charge in [0, 0.05) is 5.69 Å². The predicted octanol–water partition coefficient (Wildman–Crippen LogP) is 0.870. The Morgan fingerprint density at radius 1 is 1.82 bits per heavy atom. The monoisotopic (exact) mass is 152 g/mol. The van der Waals surface area contributed by atoms with Gasteiger partial charge in [0.15, 0.2) is 0 Å². The van der Waals surface area contributed by atoms with E-state index in [1.165, 1.54) is 0 Å². The average Bonchev–Trinajstić information content (AvgIpc) is 2.33. The van der Waals surface area contributed by atoms with Crippen LogP contribution < -0.4 is 0 Å². The van der Waals surface area contributed by atoms with E-state index in [1.807, 2.05) is 13.0 Å². The van der Waals surface area contributed by atoms with Crippen molar-refractivity contribution in [2.24, 2.45) is 0 Å². The molecular formula is C8H12N2O. The molecule has 0 aliphatic heterocycles. The summed E-state index contributed by atoms with van der Waals surface area (Å²) in [5.74, 6) is 0. The topological polar surface area (TPSA) is 38.0 Å². The van der Waals surface area contributed by atoms with Gasteiger partial charge in [-0.2, -0.15) is 5.10 Å². The highest BCUT2D eigenvalue weighted by molar-refractivity contribution is 5.08. The van der Waals surface area contributed by atoms with Crippen molar-refractivity contribution in [2.45, 2.75) is 20.1 Å². The SMILES string of the molecule is C=CCn1nc(CO)cc1C. The van der Waals surface area contributed by atoms with Crippen LogP contribution in [0.1, 0.15) is 11.4 Å². The van der Waals surface area contributed by atoms with Gasteiger partial charge in [-0.25, -0.2) is 0 Å². The van der Waals surface area contributed by atoms with E-state index in [0.29, 0.717) is 12.2 Å². The minimum atomic E-state index is 0.00494. The molecule has 3 heteroatoms. The average molecular weight is 152 g/mol. The first-order chi connectivity index (χ1) is 5.27. The predicted molar refractivity (Wildman–Crippen MR) is 43.1 cm³/mol. The van der Waals surface area contributed by atoms with Crippen LogP contribution in [0.15, 0.2) is 18.7 Å². The Labute approximate surface area is 66.0 Å². The highest BCUT2D eigenvalue weighted by Gasteiger charge is 1.99. The van der Waals surface area contributed by atoms with E-state index in [-0.39, 0.29) is 6.61 Å². The van der Waals surface area contributed by atoms with Crippen molar-refractivity contribution in [3.63, 3.8) is 0 Å². The van der Waals surface area contributed by atoms with Crippen LogP contribution >= 0.6 is 0 Å². The number of nitrogens with zero attached hydrogens (tertiary/aromatic N) is 2. The standard InChI is InChI=1S/C8H12N2O/c1-3-4-10-7(2)5-8(6-11)9-10/h3,5,11H,1,4,6H2,2H3. The molecular weight excluding hydrogens is 140 g/mol. The molecule has 0 saturated heterocycles. The molecule has 0 unspecified atom stereocenters. The third-order valence-corrected chi connectivity index (χ3v) is 1.50. The van der Waals surface area contributed by atoms with E-state index in [1.54, 1.807) is 10.8 Å². The van der Waals surface area contributed by atoms with Crippen LogP contribution in [0, 0.1) is 6.92 Å². The molecule has 0 atom stereocenters. The molecule has 0 amide bonds. The fraction of sp³-hybridized carbons (Fsp3) is 0.375. The van der Waals surface area contributed by atoms with Crippen LogP contribution in [0.5, 0.6) is 0 Å². The summed E-state index contributed by atoms with van der Waals surface area (Å²) < 4.78 is 1.80. The number of aryl methyl sites for hydroxylation is 1. The highest BCUT2D eigenvalue weighted by Crippen LogP contribution is 2.02. The molecule has 60 valence electrons. The smallest absolute Gasteiger partial charge is 0.0881 e. The molecule has 1 rings (SSSR count). The normalized spacial score (nSPS) is 10.0. The first-order valence-electron chi connectivity index (χ1n) is 3.53. The van der Waals surface area contributed by atoms with E-state index in [9.17, 15) is 0 Å². The summed E-state index contributed by atoms with van der Waals surface area (Å²) in [5.41, 5.74) is 1.76. The van der Waals surface area contributed by atoms with E-state index in [4.69, 9.17) is 5.11 Å². The molecule has 0 aliphatic rings. The first-order valence-corrected chi connectivity index (χ1v) is 3.53. The largest absolute Gasteiger partial charge is 0.390 e. The lowest BCUT2D eigenvalue weighted by atomic mass is 10.4. The summed E-state index contributed by atoms with van der Waals surface area (Å²) in [5, 5.41) is 12.9. The summed E-state index contributed by atoms with van der Waals surface area (Å²) in [6.45, 7) is 6.27. The van der Waals surface area contributed by atoms with Crippen LogP contribution in [-0.2, 0) is 13.2 Å². The Morgan fingerprint density at radius 3 is 3.00 bits per heavy atom. The number of aliphatic hydroxyl groups is 1. The molecule has 11 heavy (non-hydrogen) atoms. The lowest BCUT2D eigenvalue weighted by Crippen LogP contribution is -1.99. The highest BCUT2D eigenvalue weighted by atomic mass is 16.3. The maximum absolute atomic E-state index is 8.74. The number of hydrogen-bond acceptors (Lipinski definition) is 2. The summed E-state index contributed by atoms with van der Waals surface area (Å²) in [7, 11) is 0. The van der Waals surface area contributed by atoms with Crippen LogP contribution in [0.25, 0.3) is 0 Å². The Hall–Kier alpha value is -1.09. The molecule has 0 spiro atoms. The fourth-order valence-corrected chi connectivity index (χ4v) is 0.963. The molecule has 1 N–H and O–H groups in total. The molecule has 0 aromatic carbocycles. The zero-order chi connectivity index (χ0) is 8.27. The molecule has 0 saturated carbocycles. The Morgan fingerprint density at radius 2 is 2.55 bits per heavy atom. The third-order valence-electron chi connectivity index (χ3n) is 1.50. The van der Waals surface area contributed by atoms with Gasteiger partial charge in [-0.3, -0.25) is 4.68 Å². The maximum Gasteiger partial charge on any atom is 0.0881 e. The number of hydrogen-bond donors (Lipinski definition) is 1. The maximum atomic E-state index is 8.74. The van der Waals surface area contributed by atoms with Crippen LogP contribution in [0.4, 0.5) is 0 Å². The molecule has 3 nitrogen and oxygen atoms in total. The van der Waals surface area contributed by atoms with Gasteiger partial charge in [-0.05, 0) is 13.0 Å². The van der Waals surface area contributed by atoms with E-state index >= 15 is 0 Å². The summed E-state index contributed by atoms with van der Waals surface area (Å²) in [6, 6.07) is 1.86. The van der Waals surface area contributed by atoms with Gasteiger partial charge in [-0.1, -0.05) is 6.08 Å². The molecule has 1 aromatic rings. The number of aliphatic hydroxyl groups excluding tert-OH is 1. The number of rotatable bonds is 3. The zero-order valence-corrected chi connectivity index (χ0v) is 6.62. The van der Waals surface area contributed by atoms with Crippen molar-refractivity contribution in [1.29, 1.82) is 0 Å². The Kier molecular flexibility index (Phi) is 2.44. The number of allylic oxidation sites excluding steroid dienone is 1. The van der Waals surface area contributed by atoms with E-state index < -0.39 is 0 Å². The van der Waals surface area contributed by atoms with Gasteiger partial charge < -0.3 is 5.11 Å². The zero-order valence-electron chi connectivity index (χ0n) is 6.62. The van der Waals surface area contributed by atoms with Gasteiger partial charge in [0.1, 0.15) is 0 Å². The van der Waals surface area contributed by atoms with Crippen molar-refractivity contribution in [3.8, 4) is 0 Å². The van der Waals surface area contributed by atoms with Crippen LogP contribution in [0.2, 0.25) is 0 Å². The summed E-state index contributed by atoms with van der Waals surface area (Å²) in [6.07, 6.45) is 1.78. The van der Waals surface area contributed by atoms with Gasteiger partial charge >= 0.3 is 0 Å². The van der Waals surface area contributed by atoms with Crippen molar-refractivity contribution >= 4 is 0 Å². The quantitative estimate of drug-likeness (QED) is 0.652. The van der Waals surface area contributed by atoms with Crippen molar-refractivity contribution in [1.82, 2.24) is 9.78 Å². The van der Waals surface area contributed by atoms with E-state index in [2.05, 4.69) is 11.7 Å². The molecule has 0 bridgehead atoms. The lowest BCUT2D eigenvalue weighted by molar-refractivity contribution is 0.275. The second-order valence-electron chi connectivity index (χ2n) is 2.41. The van der Waals surface area contributed by atoms with Crippen molar-refractivity contribution in [2.75, 3.05) is 0 Å². The first kappa shape index (κ1) is 8.01. The second kappa shape index (κ2) is 3.34. The Bertz CT molecular complexity index is 253. The van der Waals surface area contributed by atoms with Crippen molar-refractivity contribution in [3.05, 3.63) is 30.1 Å². The summed E-state index contributed by atoms with van der Waals surface area (Å²) in [4.78, 5) is 0. The minimum absolute atomic E-state index is 0.00494. The van der Waals surface area contributed by atoms with Gasteiger partial charge in [0.25, 0.3) is 0 Å². The number of aromatic nitrogens is 2. The molecule has 0 radical (unpaired) electrons. The summed E-state index contributed by atoms with van der Waals surface area (Å²) >= 11 is 0. The van der Waals surface area contributed by atoms with E-state index in [0.717, 1.165) is 5.69 Å². The van der Waals surface area contributed by atoms with Gasteiger partial charge in [-0.15, -0.1) is 6.58 Å². The van der Waals surface area contributed by atoms with Gasteiger partial charge in [0.2, 0.25) is 0 Å². The fourth-order valence-electron chi connectivity index (χ4n) is 0.963. The van der Waals surface area contributed by atoms with Crippen LogP contribution in [-0.4, -0.2) is 14.9 Å².